The summed E-state index contributed by atoms with van der Waals surface area (Å²) in [6.45, 7) is 0. The van der Waals surface area contributed by atoms with Crippen molar-refractivity contribution in [2.75, 3.05) is 10.5 Å². The summed E-state index contributed by atoms with van der Waals surface area (Å²) >= 11 is 6.16. The fourth-order valence-electron chi connectivity index (χ4n) is 1.34. The maximum atomic E-state index is 13.2. The Morgan fingerprint density at radius 3 is 2.65 bits per heavy atom. The van der Waals surface area contributed by atoms with E-state index in [0.717, 1.165) is 12.1 Å². The van der Waals surface area contributed by atoms with E-state index in [0.29, 0.717) is 4.60 Å². The van der Waals surface area contributed by atoms with Gasteiger partial charge in [0.2, 0.25) is 0 Å². The molecule has 0 aliphatic carbocycles. The van der Waals surface area contributed by atoms with Crippen LogP contribution in [0.2, 0.25) is 0 Å². The molecule has 0 atom stereocenters. The lowest BCUT2D eigenvalue weighted by Gasteiger charge is -2.10. The van der Waals surface area contributed by atoms with Crippen LogP contribution in [0.25, 0.3) is 0 Å². The molecule has 10 heteroatoms. The van der Waals surface area contributed by atoms with Crippen molar-refractivity contribution in [2.24, 2.45) is 0 Å². The van der Waals surface area contributed by atoms with Crippen LogP contribution in [-0.4, -0.2) is 18.4 Å². The molecule has 0 unspecified atom stereocenters. The Balaban J connectivity index is 2.43. The summed E-state index contributed by atoms with van der Waals surface area (Å²) < 4.78 is 40.3. The lowest BCUT2D eigenvalue weighted by molar-refractivity contribution is 0.595. The number of nitrogens with zero attached hydrogens (tertiary/aromatic N) is 2. The van der Waals surface area contributed by atoms with E-state index in [4.69, 9.17) is 5.73 Å². The van der Waals surface area contributed by atoms with Gasteiger partial charge in [0.25, 0.3) is 10.0 Å². The number of anilines is 2. The van der Waals surface area contributed by atoms with E-state index in [1.165, 1.54) is 12.3 Å². The van der Waals surface area contributed by atoms with Crippen molar-refractivity contribution in [3.05, 3.63) is 39.4 Å². The Morgan fingerprint density at radius 1 is 1.30 bits per heavy atom. The van der Waals surface area contributed by atoms with Gasteiger partial charge in [-0.05, 0) is 50.1 Å². The van der Waals surface area contributed by atoms with E-state index < -0.39 is 15.8 Å². The molecule has 1 heterocycles. The molecule has 1 aromatic carbocycles. The number of aromatic nitrogens is 2. The first kappa shape index (κ1) is 15.1. The first-order valence-corrected chi connectivity index (χ1v) is 8.12. The number of halogens is 3. The van der Waals surface area contributed by atoms with Gasteiger partial charge in [-0.3, -0.25) is 4.72 Å². The van der Waals surface area contributed by atoms with Crippen molar-refractivity contribution in [3.63, 3.8) is 0 Å². The van der Waals surface area contributed by atoms with Crippen LogP contribution in [0.4, 0.5) is 15.9 Å². The van der Waals surface area contributed by atoms with Crippen molar-refractivity contribution in [3.8, 4) is 0 Å². The molecule has 0 amide bonds. The van der Waals surface area contributed by atoms with E-state index in [1.807, 2.05) is 0 Å². The molecule has 0 spiro atoms. The van der Waals surface area contributed by atoms with Crippen molar-refractivity contribution in [1.29, 1.82) is 0 Å². The van der Waals surface area contributed by atoms with Crippen LogP contribution in [0, 0.1) is 5.82 Å². The molecule has 0 aliphatic heterocycles. The highest BCUT2D eigenvalue weighted by Gasteiger charge is 2.20. The number of sulfonamides is 1. The summed E-state index contributed by atoms with van der Waals surface area (Å²) in [7, 11) is -4.06. The predicted octanol–water partition coefficient (Wildman–Crippen LogP) is 2.52. The monoisotopic (exact) mass is 424 g/mol. The lowest BCUT2D eigenvalue weighted by Crippen LogP contribution is -2.16. The molecule has 0 saturated carbocycles. The fourth-order valence-corrected chi connectivity index (χ4v) is 3.54. The van der Waals surface area contributed by atoms with E-state index >= 15 is 0 Å². The van der Waals surface area contributed by atoms with Gasteiger partial charge in [0.15, 0.2) is 10.4 Å². The van der Waals surface area contributed by atoms with Gasteiger partial charge in [0.1, 0.15) is 15.3 Å². The normalized spacial score (nSPS) is 11.3. The highest BCUT2D eigenvalue weighted by atomic mass is 79.9. The Morgan fingerprint density at radius 2 is 2.00 bits per heavy atom. The second-order valence-electron chi connectivity index (χ2n) is 3.62. The van der Waals surface area contributed by atoms with Gasteiger partial charge in [-0.15, -0.1) is 0 Å². The molecule has 6 nitrogen and oxygen atoms in total. The van der Waals surface area contributed by atoms with E-state index in [1.54, 1.807) is 0 Å². The molecular weight excluding hydrogens is 419 g/mol. The van der Waals surface area contributed by atoms with Crippen molar-refractivity contribution in [2.45, 2.75) is 4.90 Å². The Hall–Kier alpha value is -1.26. The van der Waals surface area contributed by atoms with Gasteiger partial charge in [-0.2, -0.15) is 0 Å². The van der Waals surface area contributed by atoms with Crippen LogP contribution in [0.5, 0.6) is 0 Å². The molecule has 2 rings (SSSR count). The first-order chi connectivity index (χ1) is 9.29. The molecule has 106 valence electrons. The standard InChI is InChI=1S/C10H7Br2FN4O2S/c11-8-4-15-10(9(12)16-8)17-20(18,19)7-3-5(13)1-2-6(7)14/h1-4H,14H2,(H,15,17). The quantitative estimate of drug-likeness (QED) is 0.736. The zero-order valence-electron chi connectivity index (χ0n) is 9.64. The fraction of sp³-hybridized carbons (Fsp3) is 0. The molecule has 20 heavy (non-hydrogen) atoms. The number of nitrogens with one attached hydrogen (secondary N) is 1. The van der Waals surface area contributed by atoms with Gasteiger partial charge in [-0.25, -0.2) is 22.8 Å². The minimum Gasteiger partial charge on any atom is -0.398 e. The van der Waals surface area contributed by atoms with Gasteiger partial charge >= 0.3 is 0 Å². The van der Waals surface area contributed by atoms with Crippen LogP contribution in [-0.2, 0) is 10.0 Å². The maximum Gasteiger partial charge on any atom is 0.265 e. The number of hydrogen-bond donors (Lipinski definition) is 2. The number of hydrogen-bond acceptors (Lipinski definition) is 5. The second-order valence-corrected chi connectivity index (χ2v) is 6.83. The van der Waals surface area contributed by atoms with Gasteiger partial charge < -0.3 is 5.73 Å². The number of rotatable bonds is 3. The van der Waals surface area contributed by atoms with E-state index in [-0.39, 0.29) is 21.0 Å². The van der Waals surface area contributed by atoms with Crippen LogP contribution in [0.1, 0.15) is 0 Å². The number of benzene rings is 1. The molecule has 3 N–H and O–H groups in total. The average molecular weight is 426 g/mol. The summed E-state index contributed by atoms with van der Waals surface area (Å²) in [4.78, 5) is 7.42. The van der Waals surface area contributed by atoms with Gasteiger partial charge in [0.05, 0.1) is 11.9 Å². The minimum atomic E-state index is -4.06. The second kappa shape index (κ2) is 5.62. The van der Waals surface area contributed by atoms with Crippen molar-refractivity contribution < 1.29 is 12.8 Å². The summed E-state index contributed by atoms with van der Waals surface area (Å²) in [6, 6.07) is 3.08. The third kappa shape index (κ3) is 3.25. The lowest BCUT2D eigenvalue weighted by atomic mass is 10.3. The van der Waals surface area contributed by atoms with Gasteiger partial charge in [-0.1, -0.05) is 0 Å². The Bertz CT molecular complexity index is 770. The van der Waals surface area contributed by atoms with Crippen LogP contribution in [0.15, 0.2) is 38.5 Å². The maximum absolute atomic E-state index is 13.2. The molecule has 0 aliphatic rings. The Kier molecular flexibility index (Phi) is 4.25. The smallest absolute Gasteiger partial charge is 0.265 e. The van der Waals surface area contributed by atoms with Crippen molar-refractivity contribution in [1.82, 2.24) is 9.97 Å². The average Bonchev–Trinajstić information content (AvgIpc) is 2.35. The summed E-state index contributed by atoms with van der Waals surface area (Å²) in [5.41, 5.74) is 5.48. The molecular formula is C10H7Br2FN4O2S. The first-order valence-electron chi connectivity index (χ1n) is 5.05. The summed E-state index contributed by atoms with van der Waals surface area (Å²) in [5.74, 6) is -0.739. The number of nitrogen functional groups attached to an aromatic ring is 1. The largest absolute Gasteiger partial charge is 0.398 e. The molecule has 1 aromatic heterocycles. The van der Waals surface area contributed by atoms with E-state index in [2.05, 4.69) is 46.5 Å². The summed E-state index contributed by atoms with van der Waals surface area (Å²) in [6.07, 6.45) is 1.32. The zero-order chi connectivity index (χ0) is 14.9. The molecule has 0 radical (unpaired) electrons. The topological polar surface area (TPSA) is 98.0 Å². The highest BCUT2D eigenvalue weighted by molar-refractivity contribution is 9.11. The zero-order valence-corrected chi connectivity index (χ0v) is 13.6. The summed E-state index contributed by atoms with van der Waals surface area (Å²) in [5, 5.41) is 0. The third-order valence-electron chi connectivity index (χ3n) is 2.20. The van der Waals surface area contributed by atoms with Crippen molar-refractivity contribution >= 4 is 53.4 Å². The molecule has 0 bridgehead atoms. The molecule has 0 saturated heterocycles. The minimum absolute atomic E-state index is 0.0307. The third-order valence-corrected chi connectivity index (χ3v) is 4.53. The predicted molar refractivity (Wildman–Crippen MR) is 79.1 cm³/mol. The van der Waals surface area contributed by atoms with E-state index in [9.17, 15) is 12.8 Å². The van der Waals surface area contributed by atoms with Crippen LogP contribution >= 0.6 is 31.9 Å². The Labute approximate surface area is 130 Å². The SMILES string of the molecule is Nc1ccc(F)cc1S(=O)(=O)Nc1ncc(Br)nc1Br. The van der Waals surface area contributed by atoms with Crippen LogP contribution in [0.3, 0.4) is 0 Å². The molecule has 0 fully saturated rings. The highest BCUT2D eigenvalue weighted by Crippen LogP contribution is 2.25. The van der Waals surface area contributed by atoms with Crippen LogP contribution < -0.4 is 10.5 Å². The molecule has 2 aromatic rings. The van der Waals surface area contributed by atoms with Gasteiger partial charge in [0, 0.05) is 0 Å². The number of nitrogens with two attached hydrogens (primary N) is 1.